The summed E-state index contributed by atoms with van der Waals surface area (Å²) in [5.74, 6) is -0.786. The van der Waals surface area contributed by atoms with Crippen LogP contribution in [0.2, 0.25) is 0 Å². The topological polar surface area (TPSA) is 68.5 Å². The van der Waals surface area contributed by atoms with Gasteiger partial charge in [0, 0.05) is 5.39 Å². The molecule has 0 unspecified atom stereocenters. The molecule has 20 heavy (non-hydrogen) atoms. The summed E-state index contributed by atoms with van der Waals surface area (Å²) >= 11 is 0. The molecule has 1 aromatic heterocycles. The molecule has 1 heterocycles. The molecule has 0 aliphatic heterocycles. The van der Waals surface area contributed by atoms with E-state index in [1.807, 2.05) is 32.0 Å². The van der Waals surface area contributed by atoms with E-state index in [2.05, 4.69) is 10.1 Å². The lowest BCUT2D eigenvalue weighted by Gasteiger charge is -2.18. The molecule has 0 spiro atoms. The quantitative estimate of drug-likeness (QED) is 0.870. The van der Waals surface area contributed by atoms with Gasteiger partial charge in [0.25, 0.3) is 5.91 Å². The van der Waals surface area contributed by atoms with Crippen LogP contribution in [0, 0.1) is 5.92 Å². The van der Waals surface area contributed by atoms with Gasteiger partial charge in [-0.05, 0) is 18.1 Å². The standard InChI is InChI=1S/C15H17NO4/c1-9(2)13(15(18)19-3)16-14(17)12-8-10-6-4-5-7-11(10)20-12/h4-9,13H,1-3H3,(H,16,17)/t13-/m0/s1. The van der Waals surface area contributed by atoms with Crippen LogP contribution in [0.1, 0.15) is 24.4 Å². The van der Waals surface area contributed by atoms with E-state index in [0.29, 0.717) is 5.58 Å². The number of carbonyl (C=O) groups is 2. The molecule has 2 rings (SSSR count). The molecule has 5 nitrogen and oxygen atoms in total. The molecule has 0 fully saturated rings. The van der Waals surface area contributed by atoms with E-state index >= 15 is 0 Å². The number of fused-ring (bicyclic) bond motifs is 1. The highest BCUT2D eigenvalue weighted by molar-refractivity contribution is 5.98. The first kappa shape index (κ1) is 14.1. The van der Waals surface area contributed by atoms with E-state index in [9.17, 15) is 9.59 Å². The lowest BCUT2D eigenvalue weighted by Crippen LogP contribution is -2.44. The van der Waals surface area contributed by atoms with Crippen LogP contribution < -0.4 is 5.32 Å². The van der Waals surface area contributed by atoms with Crippen LogP contribution in [0.3, 0.4) is 0 Å². The molecule has 5 heteroatoms. The number of methoxy groups -OCH3 is 1. The van der Waals surface area contributed by atoms with Crippen molar-refractivity contribution in [2.24, 2.45) is 5.92 Å². The minimum atomic E-state index is -0.694. The fourth-order valence-corrected chi connectivity index (χ4v) is 1.93. The van der Waals surface area contributed by atoms with Crippen LogP contribution in [0.5, 0.6) is 0 Å². The van der Waals surface area contributed by atoms with Gasteiger partial charge in [0.15, 0.2) is 5.76 Å². The number of nitrogens with one attached hydrogen (secondary N) is 1. The van der Waals surface area contributed by atoms with Gasteiger partial charge in [-0.1, -0.05) is 32.0 Å². The van der Waals surface area contributed by atoms with Crippen molar-refractivity contribution in [2.45, 2.75) is 19.9 Å². The molecule has 1 amide bonds. The van der Waals surface area contributed by atoms with E-state index in [1.54, 1.807) is 12.1 Å². The van der Waals surface area contributed by atoms with Crippen molar-refractivity contribution in [2.75, 3.05) is 7.11 Å². The molecule has 0 bridgehead atoms. The number of amides is 1. The van der Waals surface area contributed by atoms with E-state index in [0.717, 1.165) is 5.39 Å². The van der Waals surface area contributed by atoms with Crippen molar-refractivity contribution in [1.82, 2.24) is 5.32 Å². The Labute approximate surface area is 116 Å². The zero-order chi connectivity index (χ0) is 14.7. The first-order chi connectivity index (χ1) is 9.52. The lowest BCUT2D eigenvalue weighted by atomic mass is 10.0. The summed E-state index contributed by atoms with van der Waals surface area (Å²) < 4.78 is 10.1. The maximum Gasteiger partial charge on any atom is 0.328 e. The Bertz CT molecular complexity index is 597. The molecule has 0 aliphatic carbocycles. The van der Waals surface area contributed by atoms with Crippen LogP contribution in [0.15, 0.2) is 34.7 Å². The average Bonchev–Trinajstić information content (AvgIpc) is 2.87. The van der Waals surface area contributed by atoms with Crippen molar-refractivity contribution in [3.8, 4) is 0 Å². The van der Waals surface area contributed by atoms with Gasteiger partial charge >= 0.3 is 5.97 Å². The van der Waals surface area contributed by atoms with Crippen molar-refractivity contribution in [1.29, 1.82) is 0 Å². The molecule has 1 N–H and O–H groups in total. The molecule has 0 saturated heterocycles. The van der Waals surface area contributed by atoms with Crippen molar-refractivity contribution in [3.63, 3.8) is 0 Å². The van der Waals surface area contributed by atoms with Gasteiger partial charge in [-0.2, -0.15) is 0 Å². The van der Waals surface area contributed by atoms with Crippen LogP contribution >= 0.6 is 0 Å². The number of hydrogen-bond donors (Lipinski definition) is 1. The number of benzene rings is 1. The van der Waals surface area contributed by atoms with E-state index < -0.39 is 17.9 Å². The van der Waals surface area contributed by atoms with E-state index in [-0.39, 0.29) is 11.7 Å². The molecule has 0 saturated carbocycles. The van der Waals surface area contributed by atoms with Crippen LogP contribution in [0.25, 0.3) is 11.0 Å². The Morgan fingerprint density at radius 1 is 1.25 bits per heavy atom. The normalized spacial score (nSPS) is 12.4. The molecule has 1 atom stereocenters. The van der Waals surface area contributed by atoms with Gasteiger partial charge in [-0.15, -0.1) is 0 Å². The Kier molecular flexibility index (Phi) is 4.08. The predicted molar refractivity (Wildman–Crippen MR) is 74.3 cm³/mol. The number of carbonyl (C=O) groups excluding carboxylic acids is 2. The molecule has 0 aliphatic rings. The smallest absolute Gasteiger partial charge is 0.328 e. The summed E-state index contributed by atoms with van der Waals surface area (Å²) in [7, 11) is 1.30. The van der Waals surface area contributed by atoms with Gasteiger partial charge in [0.1, 0.15) is 11.6 Å². The summed E-state index contributed by atoms with van der Waals surface area (Å²) in [6.45, 7) is 3.67. The minimum Gasteiger partial charge on any atom is -0.467 e. The maximum absolute atomic E-state index is 12.1. The molecule has 1 aromatic carbocycles. The summed E-state index contributed by atoms with van der Waals surface area (Å²) in [5.41, 5.74) is 0.636. The SMILES string of the molecule is COC(=O)[C@@H](NC(=O)c1cc2ccccc2o1)C(C)C. The average molecular weight is 275 g/mol. The highest BCUT2D eigenvalue weighted by atomic mass is 16.5. The van der Waals surface area contributed by atoms with E-state index in [4.69, 9.17) is 4.42 Å². The van der Waals surface area contributed by atoms with Gasteiger partial charge in [0.2, 0.25) is 0 Å². The molecular weight excluding hydrogens is 258 g/mol. The maximum atomic E-state index is 12.1. The zero-order valence-electron chi connectivity index (χ0n) is 11.7. The summed E-state index contributed by atoms with van der Waals surface area (Å²) in [5, 5.41) is 3.48. The van der Waals surface area contributed by atoms with Gasteiger partial charge in [-0.25, -0.2) is 4.79 Å². The van der Waals surface area contributed by atoms with Crippen molar-refractivity contribution >= 4 is 22.8 Å². The van der Waals surface area contributed by atoms with Gasteiger partial charge in [-0.3, -0.25) is 4.79 Å². The number of hydrogen-bond acceptors (Lipinski definition) is 4. The molecular formula is C15H17NO4. The van der Waals surface area contributed by atoms with Crippen molar-refractivity contribution < 1.29 is 18.7 Å². The third-order valence-corrected chi connectivity index (χ3v) is 3.06. The number of ether oxygens (including phenoxy) is 1. The molecule has 106 valence electrons. The summed E-state index contributed by atoms with van der Waals surface area (Å²) in [6, 6.07) is 8.30. The third kappa shape index (κ3) is 2.82. The Morgan fingerprint density at radius 3 is 2.55 bits per heavy atom. The first-order valence-electron chi connectivity index (χ1n) is 6.40. The number of furan rings is 1. The second-order valence-electron chi connectivity index (χ2n) is 4.87. The predicted octanol–water partition coefficient (Wildman–Crippen LogP) is 2.36. The van der Waals surface area contributed by atoms with Crippen LogP contribution in [-0.4, -0.2) is 25.0 Å². The second-order valence-corrected chi connectivity index (χ2v) is 4.87. The summed E-state index contributed by atoms with van der Waals surface area (Å²) in [6.07, 6.45) is 0. The number of rotatable bonds is 4. The molecule has 0 radical (unpaired) electrons. The van der Waals surface area contributed by atoms with Crippen LogP contribution in [-0.2, 0) is 9.53 Å². The molecule has 2 aromatic rings. The fourth-order valence-electron chi connectivity index (χ4n) is 1.93. The zero-order valence-corrected chi connectivity index (χ0v) is 11.7. The van der Waals surface area contributed by atoms with Gasteiger partial charge in [0.05, 0.1) is 7.11 Å². The summed E-state index contributed by atoms with van der Waals surface area (Å²) in [4.78, 5) is 23.8. The first-order valence-corrected chi connectivity index (χ1v) is 6.40. The number of para-hydroxylation sites is 1. The van der Waals surface area contributed by atoms with Crippen molar-refractivity contribution in [3.05, 3.63) is 36.1 Å². The monoisotopic (exact) mass is 275 g/mol. The van der Waals surface area contributed by atoms with E-state index in [1.165, 1.54) is 7.11 Å². The fraction of sp³-hybridized carbons (Fsp3) is 0.333. The largest absolute Gasteiger partial charge is 0.467 e. The Hall–Kier alpha value is -2.30. The Morgan fingerprint density at radius 2 is 1.95 bits per heavy atom. The highest BCUT2D eigenvalue weighted by Gasteiger charge is 2.26. The van der Waals surface area contributed by atoms with Gasteiger partial charge < -0.3 is 14.5 Å². The number of esters is 1. The van der Waals surface area contributed by atoms with Crippen LogP contribution in [0.4, 0.5) is 0 Å². The Balaban J connectivity index is 2.20. The second kappa shape index (κ2) is 5.77. The highest BCUT2D eigenvalue weighted by Crippen LogP contribution is 2.19. The lowest BCUT2D eigenvalue weighted by molar-refractivity contribution is -0.144. The minimum absolute atomic E-state index is 0.0734. The third-order valence-electron chi connectivity index (χ3n) is 3.06.